The molecule has 8 heteroatoms. The molecule has 2 saturated heterocycles. The van der Waals surface area contributed by atoms with Gasteiger partial charge in [0.2, 0.25) is 0 Å². The molecule has 4 nitrogen and oxygen atoms in total. The molecule has 0 unspecified atom stereocenters. The molecule has 0 aliphatic carbocycles. The van der Waals surface area contributed by atoms with Gasteiger partial charge in [-0.3, -0.25) is 0 Å². The van der Waals surface area contributed by atoms with E-state index in [2.05, 4.69) is 113 Å². The maximum absolute atomic E-state index is 6.23. The van der Waals surface area contributed by atoms with Gasteiger partial charge in [0, 0.05) is 8.95 Å². The smallest absolute Gasteiger partial charge is 0.399 e. The first-order valence-corrected chi connectivity index (χ1v) is 13.3. The third-order valence-corrected chi connectivity index (χ3v) is 9.35. The van der Waals surface area contributed by atoms with Crippen molar-refractivity contribution in [2.75, 3.05) is 0 Å². The van der Waals surface area contributed by atoms with Crippen molar-refractivity contribution in [2.45, 2.75) is 99.1 Å². The lowest BCUT2D eigenvalue weighted by molar-refractivity contribution is 0.00578. The van der Waals surface area contributed by atoms with Crippen LogP contribution >= 0.6 is 31.9 Å². The minimum Gasteiger partial charge on any atom is -0.399 e. The van der Waals surface area contributed by atoms with Crippen LogP contribution in [0, 0.1) is 13.8 Å². The molecule has 2 aromatic carbocycles. The summed E-state index contributed by atoms with van der Waals surface area (Å²) in [6.07, 6.45) is 0. The molecule has 0 amide bonds. The lowest BCUT2D eigenvalue weighted by atomic mass is 9.68. The van der Waals surface area contributed by atoms with Crippen LogP contribution in [0.15, 0.2) is 45.3 Å². The van der Waals surface area contributed by atoms with Crippen molar-refractivity contribution in [3.8, 4) is 0 Å². The Bertz CT molecular complexity index is 947. The summed E-state index contributed by atoms with van der Waals surface area (Å²) in [5.41, 5.74) is 2.98. The van der Waals surface area contributed by atoms with Gasteiger partial charge in [0.25, 0.3) is 0 Å². The number of halogens is 2. The quantitative estimate of drug-likeness (QED) is 0.353. The van der Waals surface area contributed by atoms with Crippen molar-refractivity contribution in [1.82, 2.24) is 0 Å². The Kier molecular flexibility index (Phi) is 9.29. The third-order valence-electron chi connectivity index (χ3n) is 7.63. The topological polar surface area (TPSA) is 36.9 Å². The molecule has 2 aliphatic rings. The van der Waals surface area contributed by atoms with E-state index in [-0.39, 0.29) is 44.1 Å². The Balaban J connectivity index is 0.000000366. The Morgan fingerprint density at radius 2 is 0.829 bits per heavy atom. The first-order chi connectivity index (χ1) is 15.5. The summed E-state index contributed by atoms with van der Waals surface area (Å²) in [7, 11) is -0.764. The Morgan fingerprint density at radius 3 is 1.11 bits per heavy atom. The molecular weight excluding hydrogens is 570 g/mol. The molecule has 0 spiro atoms. The zero-order valence-electron chi connectivity index (χ0n) is 22.0. The zero-order chi connectivity index (χ0) is 25.7. The Hall–Kier alpha value is -0.630. The van der Waals surface area contributed by atoms with Gasteiger partial charge in [0.15, 0.2) is 0 Å². The molecule has 192 valence electrons. The highest BCUT2D eigenvalue weighted by Gasteiger charge is 2.54. The lowest BCUT2D eigenvalue weighted by Crippen LogP contribution is -2.44. The van der Waals surface area contributed by atoms with Crippen molar-refractivity contribution >= 4 is 57.0 Å². The number of rotatable bonds is 2. The summed E-state index contributed by atoms with van der Waals surface area (Å²) in [6.45, 7) is 20.7. The van der Waals surface area contributed by atoms with Gasteiger partial charge in [0.1, 0.15) is 0 Å². The largest absolute Gasteiger partial charge is 0.495 e. The summed E-state index contributed by atoms with van der Waals surface area (Å²) in [4.78, 5) is 0. The van der Waals surface area contributed by atoms with Crippen LogP contribution in [0.1, 0.15) is 73.9 Å². The maximum atomic E-state index is 6.23. The van der Waals surface area contributed by atoms with E-state index >= 15 is 0 Å². The van der Waals surface area contributed by atoms with E-state index in [4.69, 9.17) is 18.6 Å². The molecule has 0 atom stereocenters. The second-order valence-electron chi connectivity index (χ2n) is 11.1. The predicted molar refractivity (Wildman–Crippen MR) is 156 cm³/mol. The molecule has 4 rings (SSSR count). The van der Waals surface area contributed by atoms with Gasteiger partial charge in [0.05, 0.1) is 22.4 Å². The van der Waals surface area contributed by atoms with Crippen LogP contribution in [0.25, 0.3) is 0 Å². The van der Waals surface area contributed by atoms with E-state index in [1.165, 1.54) is 5.56 Å². The number of hydrogen-bond donors (Lipinski definition) is 0. The summed E-state index contributed by atoms with van der Waals surface area (Å²) >= 11 is 6.83. The zero-order valence-corrected chi connectivity index (χ0v) is 25.2. The second kappa shape index (κ2) is 10.6. The Morgan fingerprint density at radius 1 is 0.543 bits per heavy atom. The fourth-order valence-corrected chi connectivity index (χ4v) is 4.70. The minimum atomic E-state index is -0.382. The molecule has 0 saturated carbocycles. The monoisotopic (exact) mass is 608 g/mol. The molecule has 0 N–H and O–H groups in total. The van der Waals surface area contributed by atoms with Crippen molar-refractivity contribution < 1.29 is 18.6 Å². The molecule has 2 aliphatic heterocycles. The van der Waals surface area contributed by atoms with Gasteiger partial charge < -0.3 is 18.6 Å². The predicted octanol–water partition coefficient (Wildman–Crippen LogP) is 6.75. The average molecular weight is 610 g/mol. The molecule has 2 aromatic rings. The van der Waals surface area contributed by atoms with Gasteiger partial charge in [-0.2, -0.15) is 0 Å². The molecule has 0 aromatic heterocycles. The summed E-state index contributed by atoms with van der Waals surface area (Å²) in [6, 6.07) is 12.2. The van der Waals surface area contributed by atoms with E-state index in [0.717, 1.165) is 25.4 Å². The molecule has 2 heterocycles. The van der Waals surface area contributed by atoms with Crippen LogP contribution in [0.2, 0.25) is 0 Å². The summed E-state index contributed by atoms with van der Waals surface area (Å²) < 4.78 is 27.2. The standard InChI is InChI=1S/C19H30B2O4.C7H6Br2.CH4/c1-13-14(20-22-16(2,3)17(4,5)23-20)11-10-12-15(13)21-24-18(6,7)19(8,9)25-21;1-5-6(8)3-2-4-7(5)9;/h10-12H,1-9H3;2-4H,1H3;1H4. The maximum Gasteiger partial charge on any atom is 0.495 e. The van der Waals surface area contributed by atoms with Crippen LogP contribution in [0.5, 0.6) is 0 Å². The van der Waals surface area contributed by atoms with E-state index in [9.17, 15) is 0 Å². The number of benzene rings is 2. The molecule has 2 fully saturated rings. The van der Waals surface area contributed by atoms with Crippen LogP contribution in [-0.4, -0.2) is 36.6 Å². The van der Waals surface area contributed by atoms with Crippen LogP contribution in [0.4, 0.5) is 0 Å². The van der Waals surface area contributed by atoms with Gasteiger partial charge in [-0.05, 0) is 97.9 Å². The van der Waals surface area contributed by atoms with E-state index in [1.807, 2.05) is 24.3 Å². The van der Waals surface area contributed by atoms with Gasteiger partial charge >= 0.3 is 14.2 Å². The van der Waals surface area contributed by atoms with Crippen LogP contribution < -0.4 is 10.9 Å². The minimum absolute atomic E-state index is 0. The third kappa shape index (κ3) is 6.10. The Labute approximate surface area is 230 Å². The first kappa shape index (κ1) is 30.6. The van der Waals surface area contributed by atoms with Gasteiger partial charge in [-0.1, -0.05) is 69.1 Å². The second-order valence-corrected chi connectivity index (χ2v) is 12.8. The lowest BCUT2D eigenvalue weighted by Gasteiger charge is -2.32. The highest BCUT2D eigenvalue weighted by Crippen LogP contribution is 2.38. The van der Waals surface area contributed by atoms with Crippen molar-refractivity contribution in [1.29, 1.82) is 0 Å². The highest BCUT2D eigenvalue weighted by molar-refractivity contribution is 9.11. The summed E-state index contributed by atoms with van der Waals surface area (Å²) in [5.74, 6) is 0. The van der Waals surface area contributed by atoms with Gasteiger partial charge in [-0.15, -0.1) is 0 Å². The van der Waals surface area contributed by atoms with Crippen molar-refractivity contribution in [3.05, 3.63) is 56.5 Å². The highest BCUT2D eigenvalue weighted by atomic mass is 79.9. The molecule has 35 heavy (non-hydrogen) atoms. The van der Waals surface area contributed by atoms with E-state index in [1.54, 1.807) is 0 Å². The first-order valence-electron chi connectivity index (χ1n) is 11.7. The summed E-state index contributed by atoms with van der Waals surface area (Å²) in [5, 5.41) is 0. The molecule has 0 bridgehead atoms. The SMILES string of the molecule is C.Cc1c(B2OC(C)(C)C(C)(C)O2)cccc1B1OC(C)(C)C(C)(C)O1.Cc1c(Br)cccc1Br. The fraction of sp³-hybridized carbons (Fsp3) is 0.556. The van der Waals surface area contributed by atoms with Crippen LogP contribution in [0.3, 0.4) is 0 Å². The molecular formula is C27H40B2Br2O4. The van der Waals surface area contributed by atoms with E-state index in [0.29, 0.717) is 0 Å². The van der Waals surface area contributed by atoms with Crippen molar-refractivity contribution in [3.63, 3.8) is 0 Å². The fourth-order valence-electron chi connectivity index (χ4n) is 3.70. The molecule has 0 radical (unpaired) electrons. The van der Waals surface area contributed by atoms with E-state index < -0.39 is 0 Å². The normalized spacial score (nSPS) is 21.3. The average Bonchev–Trinajstić information content (AvgIpc) is 3.06. The number of hydrogen-bond acceptors (Lipinski definition) is 4. The van der Waals surface area contributed by atoms with Crippen LogP contribution in [-0.2, 0) is 18.6 Å². The van der Waals surface area contributed by atoms with Crippen molar-refractivity contribution in [2.24, 2.45) is 0 Å². The van der Waals surface area contributed by atoms with Gasteiger partial charge in [-0.25, -0.2) is 0 Å².